The lowest BCUT2D eigenvalue weighted by Crippen LogP contribution is -2.39. The van der Waals surface area contributed by atoms with Crippen LogP contribution >= 0.6 is 11.6 Å². The zero-order valence-corrected chi connectivity index (χ0v) is 24.2. The van der Waals surface area contributed by atoms with Crippen LogP contribution in [0.3, 0.4) is 0 Å². The van der Waals surface area contributed by atoms with E-state index in [-0.39, 0.29) is 5.91 Å². The summed E-state index contributed by atoms with van der Waals surface area (Å²) in [5.74, 6) is 0.435. The normalized spacial score (nSPS) is 15.1. The molecule has 1 amide bonds. The van der Waals surface area contributed by atoms with Gasteiger partial charge in [0.15, 0.2) is 0 Å². The van der Waals surface area contributed by atoms with Crippen LogP contribution in [0.5, 0.6) is 5.75 Å². The molecule has 1 aliphatic rings. The van der Waals surface area contributed by atoms with Crippen LogP contribution in [0, 0.1) is 11.3 Å². The lowest BCUT2D eigenvalue weighted by molar-refractivity contribution is -0.116. The summed E-state index contributed by atoms with van der Waals surface area (Å²) in [6.07, 6.45) is 6.29. The van der Waals surface area contributed by atoms with Gasteiger partial charge >= 0.3 is 0 Å². The van der Waals surface area contributed by atoms with Crippen molar-refractivity contribution >= 4 is 51.2 Å². The Kier molecular flexibility index (Phi) is 10.4. The van der Waals surface area contributed by atoms with Crippen molar-refractivity contribution in [2.24, 2.45) is 0 Å². The molecule has 9 nitrogen and oxygen atoms in total. The van der Waals surface area contributed by atoms with Gasteiger partial charge in [-0.15, -0.1) is 0 Å². The zero-order valence-electron chi connectivity index (χ0n) is 23.4. The summed E-state index contributed by atoms with van der Waals surface area (Å²) in [6.45, 7) is 5.01. The van der Waals surface area contributed by atoms with Gasteiger partial charge in [0.25, 0.3) is 0 Å². The molecule has 2 heterocycles. The second kappa shape index (κ2) is 14.2. The second-order valence-electron chi connectivity index (χ2n) is 10.3. The lowest BCUT2D eigenvalue weighted by Gasteiger charge is -2.24. The van der Waals surface area contributed by atoms with E-state index in [9.17, 15) is 10.1 Å². The molecule has 40 heavy (non-hydrogen) atoms. The number of amides is 1. The summed E-state index contributed by atoms with van der Waals surface area (Å²) in [4.78, 5) is 19.2. The maximum Gasteiger partial charge on any atom is 0.224 e. The number of nitrogens with zero attached hydrogens (tertiary/aromatic N) is 3. The largest absolute Gasteiger partial charge is 0.492 e. The molecule has 212 valence electrons. The SMILES string of the molecule is CCOc1cc2ncc(C#N)c(Nc3ccc(NCC4CCCCN4)c(Cl)c3)c2cc1NC(=O)CCCN(C)C. The Morgan fingerprint density at radius 3 is 2.80 bits per heavy atom. The quantitative estimate of drug-likeness (QED) is 0.221. The van der Waals surface area contributed by atoms with E-state index in [0.29, 0.717) is 57.7 Å². The van der Waals surface area contributed by atoms with Crippen molar-refractivity contribution in [2.75, 3.05) is 56.3 Å². The van der Waals surface area contributed by atoms with Crippen LogP contribution in [0.15, 0.2) is 36.5 Å². The average Bonchev–Trinajstić information content (AvgIpc) is 2.94. The van der Waals surface area contributed by atoms with Gasteiger partial charge in [-0.1, -0.05) is 18.0 Å². The fraction of sp³-hybridized carbons (Fsp3) is 0.433. The topological polar surface area (TPSA) is 114 Å². The molecule has 4 N–H and O–H groups in total. The Morgan fingerprint density at radius 2 is 2.10 bits per heavy atom. The van der Waals surface area contributed by atoms with E-state index >= 15 is 0 Å². The summed E-state index contributed by atoms with van der Waals surface area (Å²) >= 11 is 6.64. The van der Waals surface area contributed by atoms with Crippen molar-refractivity contribution in [1.82, 2.24) is 15.2 Å². The molecule has 0 radical (unpaired) electrons. The first kappa shape index (κ1) is 29.4. The van der Waals surface area contributed by atoms with Gasteiger partial charge in [-0.05, 0) is 77.6 Å². The van der Waals surface area contributed by atoms with E-state index in [1.807, 2.05) is 50.2 Å². The minimum atomic E-state index is -0.0978. The summed E-state index contributed by atoms with van der Waals surface area (Å²) in [6, 6.07) is 12.0. The van der Waals surface area contributed by atoms with Crippen LogP contribution in [0.4, 0.5) is 22.7 Å². The number of carbonyl (C=O) groups is 1. The molecular weight excluding hydrogens is 526 g/mol. The monoisotopic (exact) mass is 563 g/mol. The van der Waals surface area contributed by atoms with Crippen LogP contribution in [0.1, 0.15) is 44.6 Å². The summed E-state index contributed by atoms with van der Waals surface area (Å²) in [7, 11) is 3.96. The number of ether oxygens (including phenoxy) is 1. The van der Waals surface area contributed by atoms with Gasteiger partial charge in [-0.25, -0.2) is 0 Å². The van der Waals surface area contributed by atoms with Crippen LogP contribution in [0.2, 0.25) is 5.02 Å². The summed E-state index contributed by atoms with van der Waals surface area (Å²) in [5.41, 5.74) is 3.74. The van der Waals surface area contributed by atoms with E-state index in [1.165, 1.54) is 19.0 Å². The smallest absolute Gasteiger partial charge is 0.224 e. The highest BCUT2D eigenvalue weighted by atomic mass is 35.5. The highest BCUT2D eigenvalue weighted by molar-refractivity contribution is 6.33. The number of carbonyl (C=O) groups excluding carboxylic acids is 1. The van der Waals surface area contributed by atoms with E-state index in [0.717, 1.165) is 43.9 Å². The highest BCUT2D eigenvalue weighted by Gasteiger charge is 2.17. The number of pyridine rings is 1. The third-order valence-electron chi connectivity index (χ3n) is 6.86. The summed E-state index contributed by atoms with van der Waals surface area (Å²) < 4.78 is 5.82. The number of nitriles is 1. The molecule has 3 aromatic rings. The number of aromatic nitrogens is 1. The van der Waals surface area contributed by atoms with Crippen molar-refractivity contribution in [1.29, 1.82) is 5.26 Å². The van der Waals surface area contributed by atoms with Crippen molar-refractivity contribution in [2.45, 2.75) is 45.1 Å². The van der Waals surface area contributed by atoms with Crippen molar-refractivity contribution < 1.29 is 9.53 Å². The van der Waals surface area contributed by atoms with Gasteiger partial charge in [0.2, 0.25) is 5.91 Å². The maximum absolute atomic E-state index is 12.7. The first-order valence-corrected chi connectivity index (χ1v) is 14.2. The predicted molar refractivity (Wildman–Crippen MR) is 163 cm³/mol. The first-order valence-electron chi connectivity index (χ1n) is 13.9. The first-order chi connectivity index (χ1) is 19.4. The Hall–Kier alpha value is -3.58. The fourth-order valence-electron chi connectivity index (χ4n) is 4.79. The zero-order chi connectivity index (χ0) is 28.5. The van der Waals surface area contributed by atoms with E-state index in [4.69, 9.17) is 16.3 Å². The van der Waals surface area contributed by atoms with E-state index in [2.05, 4.69) is 32.3 Å². The standard InChI is InChI=1S/C30H38ClN7O2/c1-4-40-28-16-26-23(15-27(28)37-29(39)9-7-13-38(2)3)30(20(17-32)18-34-26)36-21-10-11-25(24(31)14-21)35-19-22-8-5-6-12-33-22/h10-11,14-16,18,22,33,35H,4-9,12-13,19H2,1-3H3,(H,34,36)(H,37,39). The second-order valence-corrected chi connectivity index (χ2v) is 10.7. The molecule has 0 bridgehead atoms. The third kappa shape index (κ3) is 7.75. The lowest BCUT2D eigenvalue weighted by atomic mass is 10.1. The van der Waals surface area contributed by atoms with Crippen molar-refractivity contribution in [3.8, 4) is 11.8 Å². The molecule has 4 rings (SSSR count). The number of benzene rings is 2. The third-order valence-corrected chi connectivity index (χ3v) is 7.18. The van der Waals surface area contributed by atoms with Crippen molar-refractivity contribution in [3.05, 3.63) is 47.1 Å². The number of anilines is 4. The number of nitrogens with one attached hydrogen (secondary N) is 4. The van der Waals surface area contributed by atoms with Crippen LogP contribution in [-0.2, 0) is 4.79 Å². The number of hydrogen-bond donors (Lipinski definition) is 4. The molecule has 2 aromatic carbocycles. The molecule has 1 aromatic heterocycles. The molecule has 1 unspecified atom stereocenters. The van der Waals surface area contributed by atoms with E-state index < -0.39 is 0 Å². The van der Waals surface area contributed by atoms with Gasteiger partial charge in [0.05, 0.1) is 39.8 Å². The number of hydrogen-bond acceptors (Lipinski definition) is 8. The Labute approximate surface area is 241 Å². The Morgan fingerprint density at radius 1 is 1.25 bits per heavy atom. The number of piperidine rings is 1. The maximum atomic E-state index is 12.7. The number of fused-ring (bicyclic) bond motifs is 1. The van der Waals surface area contributed by atoms with Gasteiger partial charge in [-0.2, -0.15) is 5.26 Å². The molecule has 0 saturated carbocycles. The van der Waals surface area contributed by atoms with Crippen LogP contribution in [0.25, 0.3) is 10.9 Å². The molecule has 1 aliphatic heterocycles. The summed E-state index contributed by atoms with van der Waals surface area (Å²) in [5, 5.41) is 24.5. The van der Waals surface area contributed by atoms with Crippen LogP contribution < -0.4 is 26.0 Å². The van der Waals surface area contributed by atoms with Gasteiger partial charge in [0.1, 0.15) is 11.8 Å². The van der Waals surface area contributed by atoms with Gasteiger partial charge in [0, 0.05) is 42.3 Å². The minimum Gasteiger partial charge on any atom is -0.492 e. The van der Waals surface area contributed by atoms with Crippen LogP contribution in [-0.4, -0.2) is 62.2 Å². The fourth-order valence-corrected chi connectivity index (χ4v) is 5.04. The van der Waals surface area contributed by atoms with E-state index in [1.54, 1.807) is 6.07 Å². The Balaban J connectivity index is 1.59. The van der Waals surface area contributed by atoms with Gasteiger partial charge < -0.3 is 30.9 Å². The Bertz CT molecular complexity index is 1370. The number of rotatable bonds is 12. The molecule has 1 fully saturated rings. The molecule has 10 heteroatoms. The molecule has 1 saturated heterocycles. The molecule has 1 atom stereocenters. The van der Waals surface area contributed by atoms with Gasteiger partial charge in [-0.3, -0.25) is 9.78 Å². The highest BCUT2D eigenvalue weighted by Crippen LogP contribution is 2.37. The minimum absolute atomic E-state index is 0.0978. The molecule has 0 aliphatic carbocycles. The number of halogens is 1. The van der Waals surface area contributed by atoms with Crippen molar-refractivity contribution in [3.63, 3.8) is 0 Å². The predicted octanol–water partition coefficient (Wildman–Crippen LogP) is 5.74. The average molecular weight is 564 g/mol. The molecular formula is C30H38ClN7O2. The molecule has 0 spiro atoms.